The highest BCUT2D eigenvalue weighted by atomic mass is 16.1. The van der Waals surface area contributed by atoms with Gasteiger partial charge in [0.25, 0.3) is 5.91 Å². The average molecular weight is 398 g/mol. The number of aryl methyl sites for hydroxylation is 3. The molecule has 7 nitrogen and oxygen atoms in total. The Balaban J connectivity index is 1.47. The lowest BCUT2D eigenvalue weighted by Crippen LogP contribution is -2.12. The summed E-state index contributed by atoms with van der Waals surface area (Å²) in [5, 5.41) is 6.21. The molecule has 0 aliphatic heterocycles. The number of amides is 1. The van der Waals surface area contributed by atoms with E-state index in [-0.39, 0.29) is 5.91 Å². The molecule has 2 aromatic carbocycles. The van der Waals surface area contributed by atoms with Crippen molar-refractivity contribution in [1.82, 2.24) is 19.5 Å². The van der Waals surface area contributed by atoms with Crippen LogP contribution in [0.25, 0.3) is 5.82 Å². The van der Waals surface area contributed by atoms with Gasteiger partial charge in [0, 0.05) is 35.4 Å². The maximum Gasteiger partial charge on any atom is 0.255 e. The largest absolute Gasteiger partial charge is 0.340 e. The van der Waals surface area contributed by atoms with Gasteiger partial charge in [-0.1, -0.05) is 17.2 Å². The van der Waals surface area contributed by atoms with Crippen LogP contribution in [0.4, 0.5) is 17.2 Å². The lowest BCUT2D eigenvalue weighted by Gasteiger charge is -2.11. The fraction of sp³-hybridized carbons (Fsp3) is 0.130. The quantitative estimate of drug-likeness (QED) is 0.514. The Morgan fingerprint density at radius 1 is 0.900 bits per heavy atom. The molecule has 0 saturated carbocycles. The highest BCUT2D eigenvalue weighted by molar-refractivity contribution is 6.04. The third-order valence-corrected chi connectivity index (χ3v) is 4.49. The molecular formula is C23H22N6O. The predicted octanol–water partition coefficient (Wildman–Crippen LogP) is 4.58. The number of benzene rings is 2. The summed E-state index contributed by atoms with van der Waals surface area (Å²) < 4.78 is 1.82. The fourth-order valence-corrected chi connectivity index (χ4v) is 3.24. The molecule has 2 aromatic heterocycles. The van der Waals surface area contributed by atoms with E-state index in [1.165, 1.54) is 0 Å². The summed E-state index contributed by atoms with van der Waals surface area (Å²) >= 11 is 0. The van der Waals surface area contributed by atoms with E-state index in [0.29, 0.717) is 17.2 Å². The first-order valence-electron chi connectivity index (χ1n) is 9.57. The van der Waals surface area contributed by atoms with E-state index < -0.39 is 0 Å². The van der Waals surface area contributed by atoms with Crippen molar-refractivity contribution in [3.05, 3.63) is 89.8 Å². The lowest BCUT2D eigenvalue weighted by molar-refractivity contribution is 0.102. The summed E-state index contributed by atoms with van der Waals surface area (Å²) in [6.07, 6.45) is 5.23. The van der Waals surface area contributed by atoms with Gasteiger partial charge in [-0.15, -0.1) is 0 Å². The first-order chi connectivity index (χ1) is 14.5. The van der Waals surface area contributed by atoms with Gasteiger partial charge in [0.2, 0.25) is 0 Å². The van der Waals surface area contributed by atoms with Crippen molar-refractivity contribution in [2.45, 2.75) is 20.8 Å². The van der Waals surface area contributed by atoms with E-state index in [2.05, 4.69) is 25.6 Å². The van der Waals surface area contributed by atoms with Crippen molar-refractivity contribution in [1.29, 1.82) is 0 Å². The van der Waals surface area contributed by atoms with Crippen molar-refractivity contribution in [3.63, 3.8) is 0 Å². The van der Waals surface area contributed by atoms with Crippen LogP contribution in [-0.2, 0) is 0 Å². The molecule has 0 fully saturated rings. The lowest BCUT2D eigenvalue weighted by atomic mass is 10.1. The van der Waals surface area contributed by atoms with Crippen molar-refractivity contribution < 1.29 is 4.79 Å². The van der Waals surface area contributed by atoms with E-state index >= 15 is 0 Å². The monoisotopic (exact) mass is 398 g/mol. The van der Waals surface area contributed by atoms with Crippen molar-refractivity contribution in [3.8, 4) is 5.82 Å². The summed E-state index contributed by atoms with van der Waals surface area (Å²) in [5.74, 6) is 1.94. The summed E-state index contributed by atoms with van der Waals surface area (Å²) in [5.41, 5.74) is 4.36. The molecule has 0 atom stereocenters. The van der Waals surface area contributed by atoms with Crippen LogP contribution < -0.4 is 10.6 Å². The van der Waals surface area contributed by atoms with E-state index in [1.807, 2.05) is 80.1 Å². The first-order valence-corrected chi connectivity index (χ1v) is 9.57. The number of carbonyl (C=O) groups excluding carboxylic acids is 1. The van der Waals surface area contributed by atoms with E-state index in [1.54, 1.807) is 12.5 Å². The zero-order chi connectivity index (χ0) is 21.1. The molecule has 0 radical (unpaired) electrons. The van der Waals surface area contributed by atoms with Gasteiger partial charge in [0.05, 0.1) is 0 Å². The van der Waals surface area contributed by atoms with Crippen LogP contribution >= 0.6 is 0 Å². The number of hydrogen-bond donors (Lipinski definition) is 2. The molecule has 0 spiro atoms. The number of imidazole rings is 1. The molecule has 1 amide bonds. The number of nitrogens with zero attached hydrogens (tertiary/aromatic N) is 4. The van der Waals surface area contributed by atoms with Gasteiger partial charge in [-0.05, 0) is 57.2 Å². The van der Waals surface area contributed by atoms with Crippen LogP contribution in [0.3, 0.4) is 0 Å². The maximum absolute atomic E-state index is 12.5. The van der Waals surface area contributed by atoms with Crippen LogP contribution in [0.5, 0.6) is 0 Å². The van der Waals surface area contributed by atoms with Gasteiger partial charge in [-0.2, -0.15) is 0 Å². The number of carbonyl (C=O) groups is 1. The standard InChI is InChI=1S/C23H22N6O/c1-15-10-16(2)12-18(11-15)23(30)28-20-6-4-19(5-7-20)27-21-13-22(26-17(3)25-21)29-9-8-24-14-29/h4-14H,1-3H3,(H,28,30)(H,25,26,27). The number of hydrogen-bond acceptors (Lipinski definition) is 5. The molecule has 2 heterocycles. The Morgan fingerprint density at radius 2 is 1.60 bits per heavy atom. The van der Waals surface area contributed by atoms with E-state index in [4.69, 9.17) is 0 Å². The minimum Gasteiger partial charge on any atom is -0.340 e. The smallest absolute Gasteiger partial charge is 0.255 e. The van der Waals surface area contributed by atoms with Crippen LogP contribution in [0, 0.1) is 20.8 Å². The second kappa shape index (κ2) is 8.16. The van der Waals surface area contributed by atoms with E-state index in [9.17, 15) is 4.79 Å². The Kier molecular flexibility index (Phi) is 5.26. The maximum atomic E-state index is 12.5. The normalized spacial score (nSPS) is 10.6. The van der Waals surface area contributed by atoms with Crippen LogP contribution in [0.1, 0.15) is 27.3 Å². The zero-order valence-electron chi connectivity index (χ0n) is 17.0. The third kappa shape index (κ3) is 4.52. The van der Waals surface area contributed by atoms with Gasteiger partial charge in [0.1, 0.15) is 23.8 Å². The number of anilines is 3. The fourth-order valence-electron chi connectivity index (χ4n) is 3.24. The number of aromatic nitrogens is 4. The molecule has 0 aliphatic carbocycles. The molecule has 30 heavy (non-hydrogen) atoms. The Labute approximate surface area is 174 Å². The number of rotatable bonds is 5. The van der Waals surface area contributed by atoms with Gasteiger partial charge in [0.15, 0.2) is 0 Å². The molecule has 0 bridgehead atoms. The van der Waals surface area contributed by atoms with E-state index in [0.717, 1.165) is 28.3 Å². The minimum absolute atomic E-state index is 0.126. The van der Waals surface area contributed by atoms with Crippen LogP contribution in [-0.4, -0.2) is 25.4 Å². The molecule has 2 N–H and O–H groups in total. The molecule has 150 valence electrons. The average Bonchev–Trinajstić information content (AvgIpc) is 3.23. The second-order valence-electron chi connectivity index (χ2n) is 7.16. The summed E-state index contributed by atoms with van der Waals surface area (Å²) in [7, 11) is 0. The number of nitrogens with one attached hydrogen (secondary N) is 2. The SMILES string of the molecule is Cc1cc(C)cc(C(=O)Nc2ccc(Nc3cc(-n4ccnc4)nc(C)n3)cc2)c1. The molecule has 4 aromatic rings. The van der Waals surface area contributed by atoms with Gasteiger partial charge >= 0.3 is 0 Å². The molecular weight excluding hydrogens is 376 g/mol. The first kappa shape index (κ1) is 19.3. The highest BCUT2D eigenvalue weighted by Crippen LogP contribution is 2.20. The van der Waals surface area contributed by atoms with Gasteiger partial charge in [-0.25, -0.2) is 15.0 Å². The molecule has 0 unspecified atom stereocenters. The van der Waals surface area contributed by atoms with Crippen molar-refractivity contribution in [2.24, 2.45) is 0 Å². The van der Waals surface area contributed by atoms with Crippen LogP contribution in [0.15, 0.2) is 67.3 Å². The molecule has 0 saturated heterocycles. The Morgan fingerprint density at radius 3 is 2.27 bits per heavy atom. The van der Waals surface area contributed by atoms with Crippen LogP contribution in [0.2, 0.25) is 0 Å². The minimum atomic E-state index is -0.126. The third-order valence-electron chi connectivity index (χ3n) is 4.49. The summed E-state index contributed by atoms with van der Waals surface area (Å²) in [6.45, 7) is 5.81. The summed E-state index contributed by atoms with van der Waals surface area (Å²) in [4.78, 5) is 25.5. The summed E-state index contributed by atoms with van der Waals surface area (Å²) in [6, 6.07) is 15.2. The van der Waals surface area contributed by atoms with Crippen molar-refractivity contribution in [2.75, 3.05) is 10.6 Å². The highest BCUT2D eigenvalue weighted by Gasteiger charge is 2.08. The molecule has 0 aliphatic rings. The zero-order valence-corrected chi connectivity index (χ0v) is 17.0. The Hall–Kier alpha value is -4.00. The van der Waals surface area contributed by atoms with Gasteiger partial charge < -0.3 is 10.6 Å². The van der Waals surface area contributed by atoms with Crippen molar-refractivity contribution >= 4 is 23.1 Å². The second-order valence-corrected chi connectivity index (χ2v) is 7.16. The predicted molar refractivity (Wildman–Crippen MR) is 117 cm³/mol. The molecule has 4 rings (SSSR count). The molecule has 7 heteroatoms. The van der Waals surface area contributed by atoms with Gasteiger partial charge in [-0.3, -0.25) is 9.36 Å². The topological polar surface area (TPSA) is 84.7 Å². The Bertz CT molecular complexity index is 1160.